The van der Waals surface area contributed by atoms with Crippen LogP contribution in [-0.2, 0) is 14.3 Å². The molecule has 1 aromatic rings. The van der Waals surface area contributed by atoms with Crippen molar-refractivity contribution in [2.45, 2.75) is 52.1 Å². The van der Waals surface area contributed by atoms with Gasteiger partial charge in [-0.2, -0.15) is 0 Å². The minimum Gasteiger partial charge on any atom is -0.454 e. The van der Waals surface area contributed by atoms with E-state index in [1.165, 1.54) is 5.57 Å². The van der Waals surface area contributed by atoms with E-state index in [-0.39, 0.29) is 29.0 Å². The zero-order valence-electron chi connectivity index (χ0n) is 20.0. The van der Waals surface area contributed by atoms with E-state index in [0.29, 0.717) is 12.0 Å². The van der Waals surface area contributed by atoms with Crippen LogP contribution in [0, 0.1) is 28.6 Å². The van der Waals surface area contributed by atoms with Crippen LogP contribution >= 0.6 is 0 Å². The maximum Gasteiger partial charge on any atom is 0.338 e. The molecule has 0 saturated heterocycles. The molecule has 6 atom stereocenters. The van der Waals surface area contributed by atoms with Gasteiger partial charge in [0, 0.05) is 10.8 Å². The van der Waals surface area contributed by atoms with E-state index in [1.807, 2.05) is 26.0 Å². The fourth-order valence-electron chi connectivity index (χ4n) is 7.36. The highest BCUT2D eigenvalue weighted by Gasteiger charge is 2.67. The molecule has 1 aromatic carbocycles. The van der Waals surface area contributed by atoms with Crippen LogP contribution in [0.3, 0.4) is 0 Å². The lowest BCUT2D eigenvalue weighted by molar-refractivity contribution is -0.161. The Morgan fingerprint density at radius 3 is 2.65 bits per heavy atom. The zero-order valence-corrected chi connectivity index (χ0v) is 20.0. The standard InChI is InChI=1S/C29H32O5/c1-18-15-24-22-10-9-20-16-21(30)11-13-27(20,2)23(22)12-14-28(24,3)29(18,33)25(31)17-34-26(32)19-7-5-4-6-8-19/h4-8,11-13,16,18,22,24,33H,9-10,14-15,17H2,1-3H3/t18-,22-,24-,27+,28+,29-/m1/s1. The number of rotatable bonds is 4. The highest BCUT2D eigenvalue weighted by molar-refractivity contribution is 6.01. The molecule has 0 amide bonds. The van der Waals surface area contributed by atoms with Crippen molar-refractivity contribution in [3.63, 3.8) is 0 Å². The van der Waals surface area contributed by atoms with Gasteiger partial charge >= 0.3 is 5.97 Å². The molecule has 0 spiro atoms. The summed E-state index contributed by atoms with van der Waals surface area (Å²) >= 11 is 0. The van der Waals surface area contributed by atoms with Crippen molar-refractivity contribution in [2.24, 2.45) is 28.6 Å². The summed E-state index contributed by atoms with van der Waals surface area (Å²) in [7, 11) is 0. The maximum atomic E-state index is 13.5. The second-order valence-electron chi connectivity index (χ2n) is 10.9. The van der Waals surface area contributed by atoms with Crippen molar-refractivity contribution in [1.82, 2.24) is 0 Å². The summed E-state index contributed by atoms with van der Waals surface area (Å²) in [4.78, 5) is 37.8. The number of benzene rings is 1. The minimum absolute atomic E-state index is 0.0479. The van der Waals surface area contributed by atoms with Crippen LogP contribution in [0.15, 0.2) is 65.8 Å². The highest BCUT2D eigenvalue weighted by atomic mass is 16.5. The molecule has 4 aliphatic carbocycles. The Kier molecular flexibility index (Phi) is 5.32. The molecule has 0 radical (unpaired) electrons. The molecule has 1 N–H and O–H groups in total. The van der Waals surface area contributed by atoms with Crippen LogP contribution in [0.4, 0.5) is 0 Å². The molecule has 2 fully saturated rings. The Labute approximate surface area is 200 Å². The zero-order chi connectivity index (χ0) is 24.3. The second kappa shape index (κ2) is 7.88. The van der Waals surface area contributed by atoms with Gasteiger partial charge in [0.2, 0.25) is 5.78 Å². The van der Waals surface area contributed by atoms with Crippen LogP contribution < -0.4 is 0 Å². The number of fused-ring (bicyclic) bond motifs is 5. The number of aliphatic hydroxyl groups is 1. The first-order chi connectivity index (χ1) is 16.1. The summed E-state index contributed by atoms with van der Waals surface area (Å²) in [6.45, 7) is 5.71. The first kappa shape index (κ1) is 23.0. The van der Waals surface area contributed by atoms with E-state index < -0.39 is 29.4 Å². The molecule has 178 valence electrons. The summed E-state index contributed by atoms with van der Waals surface area (Å²) < 4.78 is 5.33. The summed E-state index contributed by atoms with van der Waals surface area (Å²) in [5.41, 5.74) is 0.396. The van der Waals surface area contributed by atoms with Crippen molar-refractivity contribution >= 4 is 17.5 Å². The van der Waals surface area contributed by atoms with Gasteiger partial charge in [-0.1, -0.05) is 55.3 Å². The number of Topliss-reactive ketones (excluding diaryl/α,β-unsaturated/α-hetero) is 1. The molecule has 0 bridgehead atoms. The van der Waals surface area contributed by atoms with Gasteiger partial charge in [0.25, 0.3) is 0 Å². The molecule has 0 aromatic heterocycles. The molecule has 0 heterocycles. The Bertz CT molecular complexity index is 1140. The fraction of sp³-hybridized carbons (Fsp3) is 0.483. The Balaban J connectivity index is 1.41. The average molecular weight is 461 g/mol. The number of carbonyl (C=O) groups is 3. The van der Waals surface area contributed by atoms with Crippen molar-refractivity contribution in [1.29, 1.82) is 0 Å². The quantitative estimate of drug-likeness (QED) is 0.524. The van der Waals surface area contributed by atoms with Gasteiger partial charge in [-0.3, -0.25) is 9.59 Å². The van der Waals surface area contributed by atoms with Gasteiger partial charge in [0.15, 0.2) is 12.4 Å². The summed E-state index contributed by atoms with van der Waals surface area (Å²) in [6.07, 6.45) is 10.8. The lowest BCUT2D eigenvalue weighted by Crippen LogP contribution is -2.57. The first-order valence-electron chi connectivity index (χ1n) is 12.2. The van der Waals surface area contributed by atoms with Gasteiger partial charge in [-0.25, -0.2) is 4.79 Å². The molecule has 34 heavy (non-hydrogen) atoms. The van der Waals surface area contributed by atoms with Gasteiger partial charge < -0.3 is 9.84 Å². The lowest BCUT2D eigenvalue weighted by Gasteiger charge is -2.53. The molecule has 5 heteroatoms. The third kappa shape index (κ3) is 3.13. The van der Waals surface area contributed by atoms with Crippen molar-refractivity contribution < 1.29 is 24.2 Å². The van der Waals surface area contributed by atoms with E-state index >= 15 is 0 Å². The van der Waals surface area contributed by atoms with E-state index in [0.717, 1.165) is 24.8 Å². The highest BCUT2D eigenvalue weighted by Crippen LogP contribution is 2.66. The number of hydrogen-bond donors (Lipinski definition) is 1. The monoisotopic (exact) mass is 460 g/mol. The van der Waals surface area contributed by atoms with Gasteiger partial charge in [0.05, 0.1) is 5.56 Å². The van der Waals surface area contributed by atoms with E-state index in [1.54, 1.807) is 36.4 Å². The van der Waals surface area contributed by atoms with Crippen molar-refractivity contribution in [2.75, 3.05) is 6.61 Å². The van der Waals surface area contributed by atoms with E-state index in [4.69, 9.17) is 4.74 Å². The second-order valence-corrected chi connectivity index (χ2v) is 10.9. The van der Waals surface area contributed by atoms with Gasteiger partial charge in [-0.05, 0) is 74.6 Å². The molecule has 0 aliphatic heterocycles. The largest absolute Gasteiger partial charge is 0.454 e. The number of allylic oxidation sites excluding steroid dienone is 6. The Morgan fingerprint density at radius 2 is 1.91 bits per heavy atom. The normalized spacial score (nSPS) is 38.2. The van der Waals surface area contributed by atoms with Crippen LogP contribution in [0.2, 0.25) is 0 Å². The van der Waals surface area contributed by atoms with Crippen molar-refractivity contribution in [3.8, 4) is 0 Å². The minimum atomic E-state index is -1.56. The number of ketones is 2. The smallest absolute Gasteiger partial charge is 0.338 e. The third-order valence-corrected chi connectivity index (χ3v) is 9.30. The first-order valence-corrected chi connectivity index (χ1v) is 12.2. The molecule has 0 unspecified atom stereocenters. The Hall–Kier alpha value is -2.79. The van der Waals surface area contributed by atoms with Crippen molar-refractivity contribution in [3.05, 3.63) is 71.3 Å². The molecule has 5 nitrogen and oxygen atoms in total. The lowest BCUT2D eigenvalue weighted by atomic mass is 9.51. The number of hydrogen-bond acceptors (Lipinski definition) is 5. The average Bonchev–Trinajstić information content (AvgIpc) is 3.05. The molecule has 5 rings (SSSR count). The van der Waals surface area contributed by atoms with E-state index in [2.05, 4.69) is 13.0 Å². The molecular weight excluding hydrogens is 428 g/mol. The predicted octanol–water partition coefficient (Wildman–Crippen LogP) is 4.62. The summed E-state index contributed by atoms with van der Waals surface area (Å²) in [5, 5.41) is 11.9. The van der Waals surface area contributed by atoms with E-state index in [9.17, 15) is 19.5 Å². The molecular formula is C29H32O5. The number of ether oxygens (including phenoxy) is 1. The fourth-order valence-corrected chi connectivity index (χ4v) is 7.36. The number of carbonyl (C=O) groups excluding carboxylic acids is 3. The number of esters is 1. The summed E-state index contributed by atoms with van der Waals surface area (Å²) in [6, 6.07) is 8.58. The summed E-state index contributed by atoms with van der Waals surface area (Å²) in [5.74, 6) is -0.788. The van der Waals surface area contributed by atoms with Crippen LogP contribution in [-0.4, -0.2) is 34.9 Å². The van der Waals surface area contributed by atoms with Crippen LogP contribution in [0.1, 0.15) is 56.8 Å². The SMILES string of the molecule is C[C@@H]1C[C@@H]2[C@@H]3CCC4=CC(=O)C=C[C@]4(C)C3=CC[C@]2(C)[C@]1(O)C(=O)COC(=O)c1ccccc1. The topological polar surface area (TPSA) is 80.7 Å². The Morgan fingerprint density at radius 1 is 1.18 bits per heavy atom. The predicted molar refractivity (Wildman–Crippen MR) is 128 cm³/mol. The molecule has 4 aliphatic rings. The van der Waals surface area contributed by atoms with Crippen LogP contribution in [0.5, 0.6) is 0 Å². The maximum absolute atomic E-state index is 13.5. The third-order valence-electron chi connectivity index (χ3n) is 9.30. The van der Waals surface area contributed by atoms with Gasteiger partial charge in [-0.15, -0.1) is 0 Å². The van der Waals surface area contributed by atoms with Gasteiger partial charge in [0.1, 0.15) is 5.60 Å². The molecule has 2 saturated carbocycles. The van der Waals surface area contributed by atoms with Crippen LogP contribution in [0.25, 0.3) is 0 Å².